The zero-order valence-corrected chi connectivity index (χ0v) is 11.8. The Kier molecular flexibility index (Phi) is 4.89. The molecule has 0 bridgehead atoms. The fourth-order valence-electron chi connectivity index (χ4n) is 1.62. The van der Waals surface area contributed by atoms with E-state index in [4.69, 9.17) is 11.6 Å². The Hall–Kier alpha value is -0.680. The number of halogens is 3. The van der Waals surface area contributed by atoms with Gasteiger partial charge in [0.25, 0.3) is 5.69 Å². The third-order valence-corrected chi connectivity index (χ3v) is 3.98. The Morgan fingerprint density at radius 1 is 1.59 bits per heavy atom. The molecule has 0 radical (unpaired) electrons. The standard InChI is InChI=1S/C11H12BrClFNO2/c1-3-9(13)6(2)7-4-10(14)8(12)5-11(7)15(16)17/h4-6,9H,3H2,1-2H3. The SMILES string of the molecule is CCC(Cl)C(C)c1cc(F)c(Br)cc1[N+](=O)[O-]. The minimum Gasteiger partial charge on any atom is -0.258 e. The van der Waals surface area contributed by atoms with E-state index in [9.17, 15) is 14.5 Å². The Morgan fingerprint density at radius 2 is 2.18 bits per heavy atom. The van der Waals surface area contributed by atoms with Gasteiger partial charge in [-0.1, -0.05) is 13.8 Å². The van der Waals surface area contributed by atoms with E-state index >= 15 is 0 Å². The predicted molar refractivity (Wildman–Crippen MR) is 69.1 cm³/mol. The van der Waals surface area contributed by atoms with Crippen molar-refractivity contribution in [3.63, 3.8) is 0 Å². The van der Waals surface area contributed by atoms with Gasteiger partial charge in [-0.3, -0.25) is 10.1 Å². The van der Waals surface area contributed by atoms with E-state index < -0.39 is 10.7 Å². The van der Waals surface area contributed by atoms with Crippen molar-refractivity contribution >= 4 is 33.2 Å². The van der Waals surface area contributed by atoms with Gasteiger partial charge in [0.2, 0.25) is 0 Å². The number of hydrogen-bond acceptors (Lipinski definition) is 2. The zero-order chi connectivity index (χ0) is 13.2. The van der Waals surface area contributed by atoms with Crippen LogP contribution in [0.15, 0.2) is 16.6 Å². The number of rotatable bonds is 4. The maximum atomic E-state index is 13.4. The molecule has 0 saturated carbocycles. The monoisotopic (exact) mass is 323 g/mol. The molecule has 1 aromatic rings. The molecular weight excluding hydrogens is 312 g/mol. The topological polar surface area (TPSA) is 43.1 Å². The lowest BCUT2D eigenvalue weighted by atomic mass is 9.94. The van der Waals surface area contributed by atoms with Gasteiger partial charge in [-0.25, -0.2) is 4.39 Å². The second-order valence-corrected chi connectivity index (χ2v) is 5.21. The van der Waals surface area contributed by atoms with Crippen LogP contribution in [0.4, 0.5) is 10.1 Å². The van der Waals surface area contributed by atoms with Crippen LogP contribution in [0.3, 0.4) is 0 Å². The second kappa shape index (κ2) is 5.78. The summed E-state index contributed by atoms with van der Waals surface area (Å²) in [5.41, 5.74) is 0.224. The highest BCUT2D eigenvalue weighted by Crippen LogP contribution is 2.35. The van der Waals surface area contributed by atoms with Gasteiger partial charge in [-0.2, -0.15) is 0 Å². The first-order valence-corrected chi connectivity index (χ1v) is 6.38. The smallest absolute Gasteiger partial charge is 0.258 e. The molecule has 6 heteroatoms. The van der Waals surface area contributed by atoms with Crippen LogP contribution in [0.2, 0.25) is 0 Å². The van der Waals surface area contributed by atoms with Gasteiger partial charge in [-0.05, 0) is 28.4 Å². The summed E-state index contributed by atoms with van der Waals surface area (Å²) < 4.78 is 13.5. The molecule has 0 fully saturated rings. The highest BCUT2D eigenvalue weighted by molar-refractivity contribution is 9.10. The van der Waals surface area contributed by atoms with Crippen LogP contribution < -0.4 is 0 Å². The van der Waals surface area contributed by atoms with Crippen molar-refractivity contribution in [2.45, 2.75) is 31.6 Å². The average molecular weight is 325 g/mol. The van der Waals surface area contributed by atoms with Crippen molar-refractivity contribution in [1.82, 2.24) is 0 Å². The summed E-state index contributed by atoms with van der Waals surface area (Å²) >= 11 is 9.00. The molecule has 0 aliphatic heterocycles. The fourth-order valence-corrected chi connectivity index (χ4v) is 2.09. The average Bonchev–Trinajstić information content (AvgIpc) is 2.29. The summed E-state index contributed by atoms with van der Waals surface area (Å²) in [6.07, 6.45) is 0.664. The van der Waals surface area contributed by atoms with Gasteiger partial charge in [-0.15, -0.1) is 11.6 Å². The minimum absolute atomic E-state index is 0.0859. The first kappa shape index (κ1) is 14.4. The highest BCUT2D eigenvalue weighted by Gasteiger charge is 2.25. The third kappa shape index (κ3) is 3.16. The lowest BCUT2D eigenvalue weighted by Gasteiger charge is -2.17. The molecule has 0 amide bonds. The van der Waals surface area contributed by atoms with Gasteiger partial charge in [0.1, 0.15) is 5.82 Å². The molecule has 2 atom stereocenters. The lowest BCUT2D eigenvalue weighted by molar-refractivity contribution is -0.385. The zero-order valence-electron chi connectivity index (χ0n) is 9.41. The molecule has 0 aromatic heterocycles. The molecule has 0 heterocycles. The minimum atomic E-state index is -0.519. The lowest BCUT2D eigenvalue weighted by Crippen LogP contribution is -2.11. The van der Waals surface area contributed by atoms with E-state index in [1.165, 1.54) is 12.1 Å². The van der Waals surface area contributed by atoms with Gasteiger partial charge >= 0.3 is 0 Å². The maximum absolute atomic E-state index is 13.4. The van der Waals surface area contributed by atoms with Crippen LogP contribution >= 0.6 is 27.5 Å². The van der Waals surface area contributed by atoms with E-state index in [1.54, 1.807) is 6.92 Å². The number of nitro groups is 1. The van der Waals surface area contributed by atoms with Crippen LogP contribution in [-0.2, 0) is 0 Å². The van der Waals surface area contributed by atoms with Gasteiger partial charge in [0.05, 0.1) is 9.40 Å². The Balaban J connectivity index is 3.30. The molecule has 3 nitrogen and oxygen atoms in total. The molecular formula is C11H12BrClFNO2. The summed E-state index contributed by atoms with van der Waals surface area (Å²) in [5, 5.41) is 10.7. The normalized spacial score (nSPS) is 14.4. The molecule has 1 aromatic carbocycles. The van der Waals surface area contributed by atoms with Crippen molar-refractivity contribution in [1.29, 1.82) is 0 Å². The third-order valence-electron chi connectivity index (χ3n) is 2.69. The Labute approximate surface area is 112 Å². The molecule has 0 aliphatic carbocycles. The number of hydrogen-bond donors (Lipinski definition) is 0. The van der Waals surface area contributed by atoms with Crippen molar-refractivity contribution in [3.8, 4) is 0 Å². The molecule has 2 unspecified atom stereocenters. The van der Waals surface area contributed by atoms with E-state index in [0.29, 0.717) is 12.0 Å². The van der Waals surface area contributed by atoms with Crippen LogP contribution in [0.1, 0.15) is 31.7 Å². The van der Waals surface area contributed by atoms with Crippen LogP contribution in [-0.4, -0.2) is 10.3 Å². The van der Waals surface area contributed by atoms with E-state index in [-0.39, 0.29) is 21.5 Å². The first-order valence-electron chi connectivity index (χ1n) is 5.15. The molecule has 0 N–H and O–H groups in total. The van der Waals surface area contributed by atoms with E-state index in [1.807, 2.05) is 6.92 Å². The second-order valence-electron chi connectivity index (χ2n) is 3.80. The Bertz CT molecular complexity index is 442. The van der Waals surface area contributed by atoms with Crippen molar-refractivity contribution in [2.75, 3.05) is 0 Å². The summed E-state index contributed by atoms with van der Waals surface area (Å²) in [7, 11) is 0. The van der Waals surface area contributed by atoms with Crippen LogP contribution in [0.5, 0.6) is 0 Å². The van der Waals surface area contributed by atoms with Crippen molar-refractivity contribution in [3.05, 3.63) is 38.1 Å². The number of nitro benzene ring substituents is 1. The summed E-state index contributed by atoms with van der Waals surface area (Å²) in [6.45, 7) is 3.64. The fraction of sp³-hybridized carbons (Fsp3) is 0.455. The van der Waals surface area contributed by atoms with E-state index in [2.05, 4.69) is 15.9 Å². The number of benzene rings is 1. The maximum Gasteiger partial charge on any atom is 0.274 e. The van der Waals surface area contributed by atoms with Gasteiger partial charge in [0.15, 0.2) is 0 Å². The number of alkyl halides is 1. The van der Waals surface area contributed by atoms with E-state index in [0.717, 1.165) is 0 Å². The van der Waals surface area contributed by atoms with Crippen LogP contribution in [0.25, 0.3) is 0 Å². The number of nitrogens with zero attached hydrogens (tertiary/aromatic N) is 1. The largest absolute Gasteiger partial charge is 0.274 e. The summed E-state index contributed by atoms with van der Waals surface area (Å²) in [5.74, 6) is -0.790. The molecule has 0 aliphatic rings. The molecule has 1 rings (SSSR count). The molecule has 17 heavy (non-hydrogen) atoms. The van der Waals surface area contributed by atoms with Crippen LogP contribution in [0, 0.1) is 15.9 Å². The summed E-state index contributed by atoms with van der Waals surface area (Å²) in [6, 6.07) is 2.36. The molecule has 94 valence electrons. The van der Waals surface area contributed by atoms with Gasteiger partial charge < -0.3 is 0 Å². The molecule has 0 saturated heterocycles. The Morgan fingerprint density at radius 3 is 2.65 bits per heavy atom. The first-order chi connectivity index (χ1) is 7.88. The van der Waals surface area contributed by atoms with Gasteiger partial charge in [0, 0.05) is 22.9 Å². The highest BCUT2D eigenvalue weighted by atomic mass is 79.9. The quantitative estimate of drug-likeness (QED) is 0.461. The van der Waals surface area contributed by atoms with Crippen molar-refractivity contribution in [2.24, 2.45) is 0 Å². The molecule has 0 spiro atoms. The predicted octanol–water partition coefficient (Wildman–Crippen LogP) is 4.62. The van der Waals surface area contributed by atoms with Crippen molar-refractivity contribution < 1.29 is 9.31 Å². The summed E-state index contributed by atoms with van der Waals surface area (Å²) in [4.78, 5) is 10.4.